The molecule has 0 radical (unpaired) electrons. The molecule has 48 valence electrons. The fourth-order valence-electron chi connectivity index (χ4n) is 0.293. The number of hydrogen-bond donors (Lipinski definition) is 1. The van der Waals surface area contributed by atoms with Gasteiger partial charge in [-0.3, -0.25) is 4.99 Å². The van der Waals surface area contributed by atoms with E-state index in [4.69, 9.17) is 0 Å². The van der Waals surface area contributed by atoms with Gasteiger partial charge in [0.25, 0.3) is 0 Å². The third-order valence-electron chi connectivity index (χ3n) is 0.668. The van der Waals surface area contributed by atoms with E-state index in [1.54, 1.807) is 6.34 Å². The molecular formula is C6H14N2. The van der Waals surface area contributed by atoms with E-state index in [1.165, 1.54) is 0 Å². The minimum absolute atomic E-state index is 0.411. The van der Waals surface area contributed by atoms with Crippen molar-refractivity contribution in [2.45, 2.75) is 26.8 Å². The van der Waals surface area contributed by atoms with Gasteiger partial charge in [-0.25, -0.2) is 0 Å². The van der Waals surface area contributed by atoms with Crippen LogP contribution < -0.4 is 5.32 Å². The van der Waals surface area contributed by atoms with Crippen molar-refractivity contribution in [3.8, 4) is 0 Å². The second-order valence-electron chi connectivity index (χ2n) is 1.93. The summed E-state index contributed by atoms with van der Waals surface area (Å²) in [5.74, 6) is 0. The molecule has 0 aromatic rings. The van der Waals surface area contributed by atoms with Gasteiger partial charge in [0.15, 0.2) is 0 Å². The zero-order chi connectivity index (χ0) is 6.41. The maximum atomic E-state index is 4.08. The van der Waals surface area contributed by atoms with Crippen molar-refractivity contribution in [1.82, 2.24) is 5.32 Å². The number of nitrogens with zero attached hydrogens (tertiary/aromatic N) is 1. The largest absolute Gasteiger partial charge is 0.377 e. The summed E-state index contributed by atoms with van der Waals surface area (Å²) in [5, 5.41) is 2.99. The summed E-state index contributed by atoms with van der Waals surface area (Å²) in [6, 6.07) is 0.411. The van der Waals surface area contributed by atoms with Crippen LogP contribution in [0.3, 0.4) is 0 Å². The molecule has 0 aromatic heterocycles. The molecule has 0 fully saturated rings. The summed E-state index contributed by atoms with van der Waals surface area (Å²) < 4.78 is 0. The first-order valence-corrected chi connectivity index (χ1v) is 3.02. The monoisotopic (exact) mass is 114 g/mol. The van der Waals surface area contributed by atoms with E-state index in [9.17, 15) is 0 Å². The van der Waals surface area contributed by atoms with Crippen molar-refractivity contribution in [3.05, 3.63) is 0 Å². The Kier molecular flexibility index (Phi) is 4.32. The second-order valence-corrected chi connectivity index (χ2v) is 1.93. The smallest absolute Gasteiger partial charge is 0.0826 e. The molecule has 2 heteroatoms. The van der Waals surface area contributed by atoms with E-state index < -0.39 is 0 Å². The standard InChI is InChI=1S/C6H14N2/c1-4-7-5-8-6(2)3/h5-6H,4H2,1-3H3,(H,7,8). The molecule has 0 aliphatic rings. The minimum atomic E-state index is 0.411. The predicted molar refractivity (Wildman–Crippen MR) is 37.3 cm³/mol. The molecule has 0 spiro atoms. The quantitative estimate of drug-likeness (QED) is 0.430. The number of aliphatic imine (C=N–C) groups is 1. The van der Waals surface area contributed by atoms with Crippen molar-refractivity contribution in [1.29, 1.82) is 0 Å². The summed E-state index contributed by atoms with van der Waals surface area (Å²) in [4.78, 5) is 4.08. The Morgan fingerprint density at radius 2 is 2.25 bits per heavy atom. The van der Waals surface area contributed by atoms with Gasteiger partial charge in [0, 0.05) is 12.6 Å². The SMILES string of the molecule is CCN/C=N\C(C)C. The number of nitrogens with one attached hydrogen (secondary N) is 1. The number of rotatable bonds is 3. The lowest BCUT2D eigenvalue weighted by Gasteiger charge is -1.94. The molecule has 0 saturated carbocycles. The van der Waals surface area contributed by atoms with Crippen LogP contribution in [0.15, 0.2) is 4.99 Å². The van der Waals surface area contributed by atoms with Crippen LogP contribution in [-0.4, -0.2) is 18.9 Å². The first kappa shape index (κ1) is 7.47. The van der Waals surface area contributed by atoms with Gasteiger partial charge in [-0.2, -0.15) is 0 Å². The van der Waals surface area contributed by atoms with Crippen molar-refractivity contribution >= 4 is 6.34 Å². The van der Waals surface area contributed by atoms with Gasteiger partial charge in [0.05, 0.1) is 6.34 Å². The molecule has 0 unspecified atom stereocenters. The molecule has 8 heavy (non-hydrogen) atoms. The van der Waals surface area contributed by atoms with E-state index in [-0.39, 0.29) is 0 Å². The zero-order valence-corrected chi connectivity index (χ0v) is 5.81. The van der Waals surface area contributed by atoms with Gasteiger partial charge in [-0.15, -0.1) is 0 Å². The average Bonchev–Trinajstić information content (AvgIpc) is 1.66. The first-order valence-electron chi connectivity index (χ1n) is 3.02. The Morgan fingerprint density at radius 3 is 2.62 bits per heavy atom. The molecule has 1 N–H and O–H groups in total. The zero-order valence-electron chi connectivity index (χ0n) is 5.81. The van der Waals surface area contributed by atoms with E-state index in [0.717, 1.165) is 6.54 Å². The van der Waals surface area contributed by atoms with E-state index >= 15 is 0 Å². The van der Waals surface area contributed by atoms with Gasteiger partial charge < -0.3 is 5.32 Å². The lowest BCUT2D eigenvalue weighted by Crippen LogP contribution is -2.10. The van der Waals surface area contributed by atoms with Crippen LogP contribution >= 0.6 is 0 Å². The van der Waals surface area contributed by atoms with Crippen molar-refractivity contribution in [2.75, 3.05) is 6.54 Å². The van der Waals surface area contributed by atoms with Gasteiger partial charge in [-0.1, -0.05) is 0 Å². The molecule has 0 saturated heterocycles. The summed E-state index contributed by atoms with van der Waals surface area (Å²) in [7, 11) is 0. The maximum Gasteiger partial charge on any atom is 0.0826 e. The highest BCUT2D eigenvalue weighted by molar-refractivity contribution is 5.54. The molecule has 0 aliphatic heterocycles. The molecule has 0 atom stereocenters. The van der Waals surface area contributed by atoms with Gasteiger partial charge in [-0.05, 0) is 20.8 Å². The Bertz CT molecular complexity index is 66.9. The minimum Gasteiger partial charge on any atom is -0.377 e. The lowest BCUT2D eigenvalue weighted by atomic mass is 10.4. The molecule has 0 amide bonds. The second kappa shape index (κ2) is 4.62. The van der Waals surface area contributed by atoms with Gasteiger partial charge >= 0.3 is 0 Å². The van der Waals surface area contributed by atoms with E-state index in [2.05, 4.69) is 10.3 Å². The van der Waals surface area contributed by atoms with Gasteiger partial charge in [0.2, 0.25) is 0 Å². The average molecular weight is 114 g/mol. The highest BCUT2D eigenvalue weighted by Gasteiger charge is 1.79. The molecule has 2 nitrogen and oxygen atoms in total. The molecule has 0 bridgehead atoms. The fourth-order valence-corrected chi connectivity index (χ4v) is 0.293. The fraction of sp³-hybridized carbons (Fsp3) is 0.833. The van der Waals surface area contributed by atoms with Crippen molar-refractivity contribution in [2.24, 2.45) is 4.99 Å². The van der Waals surface area contributed by atoms with Crippen LogP contribution in [0.5, 0.6) is 0 Å². The van der Waals surface area contributed by atoms with Crippen LogP contribution in [0.25, 0.3) is 0 Å². The third kappa shape index (κ3) is 5.47. The highest BCUT2D eigenvalue weighted by Crippen LogP contribution is 1.79. The van der Waals surface area contributed by atoms with Crippen LogP contribution in [0.2, 0.25) is 0 Å². The van der Waals surface area contributed by atoms with Crippen LogP contribution in [0.4, 0.5) is 0 Å². The van der Waals surface area contributed by atoms with E-state index in [1.807, 2.05) is 20.8 Å². The van der Waals surface area contributed by atoms with Gasteiger partial charge in [0.1, 0.15) is 0 Å². The summed E-state index contributed by atoms with van der Waals surface area (Å²) >= 11 is 0. The van der Waals surface area contributed by atoms with Crippen LogP contribution in [0, 0.1) is 0 Å². The number of hydrogen-bond acceptors (Lipinski definition) is 1. The highest BCUT2D eigenvalue weighted by atomic mass is 14.9. The van der Waals surface area contributed by atoms with Crippen LogP contribution in [0.1, 0.15) is 20.8 Å². The summed E-state index contributed by atoms with van der Waals surface area (Å²) in [5.41, 5.74) is 0. The van der Waals surface area contributed by atoms with Crippen molar-refractivity contribution in [3.63, 3.8) is 0 Å². The topological polar surface area (TPSA) is 24.4 Å². The molecule has 0 rings (SSSR count). The predicted octanol–water partition coefficient (Wildman–Crippen LogP) is 1.03. The molecular weight excluding hydrogens is 100 g/mol. The first-order chi connectivity index (χ1) is 3.77. The maximum absolute atomic E-state index is 4.08. The summed E-state index contributed by atoms with van der Waals surface area (Å²) in [6.07, 6.45) is 1.75. The normalized spacial score (nSPS) is 11.0. The Balaban J connectivity index is 3.07. The van der Waals surface area contributed by atoms with E-state index in [0.29, 0.717) is 6.04 Å². The molecule has 0 aromatic carbocycles. The van der Waals surface area contributed by atoms with Crippen LogP contribution in [-0.2, 0) is 0 Å². The Hall–Kier alpha value is -0.530. The third-order valence-corrected chi connectivity index (χ3v) is 0.668. The Morgan fingerprint density at radius 1 is 1.62 bits per heavy atom. The van der Waals surface area contributed by atoms with Crippen molar-refractivity contribution < 1.29 is 0 Å². The molecule has 0 heterocycles. The lowest BCUT2D eigenvalue weighted by molar-refractivity contribution is 0.827. The molecule has 0 aliphatic carbocycles. The summed E-state index contributed by atoms with van der Waals surface area (Å²) in [6.45, 7) is 7.10. The Labute approximate surface area is 51.0 Å².